The smallest absolute Gasteiger partial charge is 0.0776 e. The van der Waals surface area contributed by atoms with Gasteiger partial charge in [-0.3, -0.25) is 0 Å². The number of alkyl halides is 1. The normalized spacial score (nSPS) is 26.6. The maximum atomic E-state index is 6.36. The van der Waals surface area contributed by atoms with Gasteiger partial charge >= 0.3 is 0 Å². The average Bonchev–Trinajstić information content (AvgIpc) is 2.47. The molecule has 0 radical (unpaired) electrons. The minimum atomic E-state index is 0.118. The first-order chi connectivity index (χ1) is 9.67. The van der Waals surface area contributed by atoms with Crippen molar-refractivity contribution in [2.24, 2.45) is 5.92 Å². The van der Waals surface area contributed by atoms with E-state index in [1.807, 2.05) is 0 Å². The van der Waals surface area contributed by atoms with E-state index in [0.29, 0.717) is 0 Å². The van der Waals surface area contributed by atoms with Crippen LogP contribution in [0.25, 0.3) is 0 Å². The summed E-state index contributed by atoms with van der Waals surface area (Å²) in [4.78, 5) is 0. The van der Waals surface area contributed by atoms with Gasteiger partial charge in [-0.25, -0.2) is 0 Å². The third-order valence-electron chi connectivity index (χ3n) is 4.39. The van der Waals surface area contributed by atoms with Gasteiger partial charge < -0.3 is 4.74 Å². The first kappa shape index (κ1) is 16.8. The van der Waals surface area contributed by atoms with E-state index < -0.39 is 0 Å². The highest BCUT2D eigenvalue weighted by atomic mass is 127. The maximum Gasteiger partial charge on any atom is 0.0776 e. The Kier molecular flexibility index (Phi) is 6.82. The first-order valence-electron chi connectivity index (χ1n) is 7.62. The molecule has 3 heteroatoms. The lowest BCUT2D eigenvalue weighted by atomic mass is 9.78. The molecule has 0 atom stereocenters. The Morgan fingerprint density at radius 3 is 2.70 bits per heavy atom. The predicted molar refractivity (Wildman–Crippen MR) is 97.4 cm³/mol. The minimum absolute atomic E-state index is 0.118. The fourth-order valence-corrected chi connectivity index (χ4v) is 4.51. The second-order valence-electron chi connectivity index (χ2n) is 5.97. The number of benzene rings is 1. The van der Waals surface area contributed by atoms with Crippen molar-refractivity contribution in [1.29, 1.82) is 0 Å². The van der Waals surface area contributed by atoms with E-state index in [0.717, 1.165) is 21.4 Å². The monoisotopic (exact) mass is 450 g/mol. The lowest BCUT2D eigenvalue weighted by Gasteiger charge is -2.39. The third-order valence-corrected chi connectivity index (χ3v) is 6.27. The molecule has 0 bridgehead atoms. The van der Waals surface area contributed by atoms with Gasteiger partial charge in [0.2, 0.25) is 0 Å². The average molecular weight is 451 g/mol. The molecule has 0 saturated heterocycles. The molecule has 1 aromatic rings. The van der Waals surface area contributed by atoms with Crippen molar-refractivity contribution < 1.29 is 4.74 Å². The van der Waals surface area contributed by atoms with E-state index in [2.05, 4.69) is 69.7 Å². The Balaban J connectivity index is 1.89. The van der Waals surface area contributed by atoms with Crippen LogP contribution in [0.2, 0.25) is 0 Å². The van der Waals surface area contributed by atoms with Gasteiger partial charge in [0.25, 0.3) is 0 Å². The molecule has 112 valence electrons. The zero-order valence-corrected chi connectivity index (χ0v) is 16.0. The van der Waals surface area contributed by atoms with E-state index >= 15 is 0 Å². The van der Waals surface area contributed by atoms with Crippen LogP contribution in [0.5, 0.6) is 0 Å². The summed E-state index contributed by atoms with van der Waals surface area (Å²) in [7, 11) is 0. The van der Waals surface area contributed by atoms with Gasteiger partial charge in [-0.2, -0.15) is 0 Å². The Hall–Kier alpha value is 0.390. The Bertz CT molecular complexity index is 413. The molecule has 20 heavy (non-hydrogen) atoms. The molecular weight excluding hydrogens is 427 g/mol. The number of hydrogen-bond acceptors (Lipinski definition) is 1. The molecule has 0 unspecified atom stereocenters. The zero-order valence-electron chi connectivity index (χ0n) is 12.2. The van der Waals surface area contributed by atoms with Gasteiger partial charge in [0.15, 0.2) is 0 Å². The summed E-state index contributed by atoms with van der Waals surface area (Å²) in [6.45, 7) is 3.03. The highest BCUT2D eigenvalue weighted by molar-refractivity contribution is 14.1. The van der Waals surface area contributed by atoms with Crippen LogP contribution in [0.3, 0.4) is 0 Å². The van der Waals surface area contributed by atoms with Crippen molar-refractivity contribution in [3.05, 3.63) is 34.3 Å². The second-order valence-corrected chi connectivity index (χ2v) is 7.65. The first-order valence-corrected chi connectivity index (χ1v) is 9.94. The third kappa shape index (κ3) is 4.70. The number of halogens is 2. The molecule has 1 fully saturated rings. The summed E-state index contributed by atoms with van der Waals surface area (Å²) >= 11 is 6.03. The van der Waals surface area contributed by atoms with Gasteiger partial charge in [0, 0.05) is 8.90 Å². The van der Waals surface area contributed by atoms with Gasteiger partial charge in [0.05, 0.1) is 12.2 Å². The summed E-state index contributed by atoms with van der Waals surface area (Å²) in [5, 5.41) is 0. The molecule has 0 heterocycles. The fourth-order valence-electron chi connectivity index (χ4n) is 3.08. The van der Waals surface area contributed by atoms with Crippen LogP contribution in [0.1, 0.15) is 51.0 Å². The molecule has 0 aromatic heterocycles. The summed E-state index contributed by atoms with van der Waals surface area (Å²) < 4.78 is 8.60. The molecule has 1 aromatic carbocycles. The van der Waals surface area contributed by atoms with Crippen molar-refractivity contribution >= 4 is 38.5 Å². The SMILES string of the molecule is CCCC1CCC(CI)(OCc2cccc(Br)c2)CC1. The van der Waals surface area contributed by atoms with E-state index in [1.165, 1.54) is 44.1 Å². The number of ether oxygens (including phenoxy) is 1. The van der Waals surface area contributed by atoms with Gasteiger partial charge in [-0.05, 0) is 49.3 Å². The van der Waals surface area contributed by atoms with Gasteiger partial charge in [-0.1, -0.05) is 70.4 Å². The van der Waals surface area contributed by atoms with Crippen molar-refractivity contribution in [2.45, 2.75) is 57.7 Å². The zero-order chi connectivity index (χ0) is 14.4. The van der Waals surface area contributed by atoms with Gasteiger partial charge in [-0.15, -0.1) is 0 Å². The molecular formula is C17H24BrIO. The van der Waals surface area contributed by atoms with Crippen molar-refractivity contribution in [3.63, 3.8) is 0 Å². The number of hydrogen-bond donors (Lipinski definition) is 0. The summed E-state index contributed by atoms with van der Waals surface area (Å²) in [5.74, 6) is 0.936. The van der Waals surface area contributed by atoms with Crippen LogP contribution in [0.15, 0.2) is 28.7 Å². The molecule has 1 nitrogen and oxygen atoms in total. The molecule has 1 aliphatic rings. The maximum absolute atomic E-state index is 6.36. The Morgan fingerprint density at radius 2 is 2.10 bits per heavy atom. The molecule has 2 rings (SSSR count). The second kappa shape index (κ2) is 8.14. The van der Waals surface area contributed by atoms with Crippen molar-refractivity contribution in [1.82, 2.24) is 0 Å². The standard InChI is InChI=1S/C17H24BrIO/c1-2-4-14-7-9-17(13-19,10-8-14)20-12-15-5-3-6-16(18)11-15/h3,5-6,11,14H,2,4,7-10,12-13H2,1H3. The summed E-state index contributed by atoms with van der Waals surface area (Å²) in [5.41, 5.74) is 1.38. The Labute approximate surface area is 145 Å². The topological polar surface area (TPSA) is 9.23 Å². The van der Waals surface area contributed by atoms with E-state index in [9.17, 15) is 0 Å². The lowest BCUT2D eigenvalue weighted by molar-refractivity contribution is -0.0693. The summed E-state index contributed by atoms with van der Waals surface area (Å²) in [6, 6.07) is 8.45. The van der Waals surface area contributed by atoms with E-state index in [-0.39, 0.29) is 5.60 Å². The van der Waals surface area contributed by atoms with Crippen molar-refractivity contribution in [3.8, 4) is 0 Å². The van der Waals surface area contributed by atoms with Gasteiger partial charge in [0.1, 0.15) is 0 Å². The van der Waals surface area contributed by atoms with Crippen molar-refractivity contribution in [2.75, 3.05) is 4.43 Å². The highest BCUT2D eigenvalue weighted by Crippen LogP contribution is 2.38. The Morgan fingerprint density at radius 1 is 1.35 bits per heavy atom. The van der Waals surface area contributed by atoms with E-state index in [1.54, 1.807) is 0 Å². The molecule has 0 amide bonds. The fraction of sp³-hybridized carbons (Fsp3) is 0.647. The largest absolute Gasteiger partial charge is 0.370 e. The highest BCUT2D eigenvalue weighted by Gasteiger charge is 2.35. The molecule has 1 aliphatic carbocycles. The van der Waals surface area contributed by atoms with Crippen LogP contribution in [-0.4, -0.2) is 10.0 Å². The van der Waals surface area contributed by atoms with E-state index in [4.69, 9.17) is 4.74 Å². The van der Waals surface area contributed by atoms with Crippen LogP contribution in [0, 0.1) is 5.92 Å². The van der Waals surface area contributed by atoms with Crippen LogP contribution in [0.4, 0.5) is 0 Å². The van der Waals surface area contributed by atoms with Crippen LogP contribution < -0.4 is 0 Å². The molecule has 0 N–H and O–H groups in total. The predicted octanol–water partition coefficient (Wildman–Crippen LogP) is 6.13. The van der Waals surface area contributed by atoms with Crippen LogP contribution >= 0.6 is 38.5 Å². The van der Waals surface area contributed by atoms with Crippen LogP contribution in [-0.2, 0) is 11.3 Å². The lowest BCUT2D eigenvalue weighted by Crippen LogP contribution is -2.38. The number of rotatable bonds is 6. The molecule has 0 aliphatic heterocycles. The molecule has 1 saturated carbocycles. The molecule has 0 spiro atoms. The minimum Gasteiger partial charge on any atom is -0.370 e. The summed E-state index contributed by atoms with van der Waals surface area (Å²) in [6.07, 6.45) is 7.86. The quantitative estimate of drug-likeness (QED) is 0.374.